The van der Waals surface area contributed by atoms with E-state index in [-0.39, 0.29) is 5.78 Å². The van der Waals surface area contributed by atoms with E-state index in [9.17, 15) is 18.0 Å². The zero-order chi connectivity index (χ0) is 17.6. The zero-order valence-electron chi connectivity index (χ0n) is 13.3. The average molecular weight is 336 g/mol. The van der Waals surface area contributed by atoms with Crippen LogP contribution in [0, 0.1) is 0 Å². The van der Waals surface area contributed by atoms with Crippen LogP contribution in [-0.4, -0.2) is 18.9 Å². The molecular formula is C18H19F3N2O. The van der Waals surface area contributed by atoms with E-state index < -0.39 is 11.7 Å². The molecule has 0 aliphatic heterocycles. The summed E-state index contributed by atoms with van der Waals surface area (Å²) in [6.45, 7) is 2.70. The normalized spacial score (nSPS) is 11.2. The summed E-state index contributed by atoms with van der Waals surface area (Å²) in [4.78, 5) is 11.9. The molecule has 0 saturated carbocycles. The van der Waals surface area contributed by atoms with Crippen LogP contribution in [0.5, 0.6) is 0 Å². The molecular weight excluding hydrogens is 317 g/mol. The summed E-state index contributed by atoms with van der Waals surface area (Å²) in [5, 5.41) is 6.08. The maximum Gasteiger partial charge on any atom is 0.416 e. The van der Waals surface area contributed by atoms with Crippen LogP contribution in [0.25, 0.3) is 0 Å². The second-order valence-corrected chi connectivity index (χ2v) is 5.25. The number of anilines is 2. The van der Waals surface area contributed by atoms with Gasteiger partial charge in [0.25, 0.3) is 0 Å². The number of rotatable bonds is 7. The van der Waals surface area contributed by atoms with E-state index >= 15 is 0 Å². The van der Waals surface area contributed by atoms with Gasteiger partial charge in [-0.3, -0.25) is 4.79 Å². The lowest BCUT2D eigenvalue weighted by molar-refractivity contribution is -0.137. The zero-order valence-corrected chi connectivity index (χ0v) is 13.3. The fourth-order valence-electron chi connectivity index (χ4n) is 2.28. The predicted molar refractivity (Wildman–Crippen MR) is 89.5 cm³/mol. The number of halogens is 3. The first-order valence-electron chi connectivity index (χ1n) is 7.69. The van der Waals surface area contributed by atoms with Gasteiger partial charge in [0, 0.05) is 36.4 Å². The second-order valence-electron chi connectivity index (χ2n) is 5.25. The highest BCUT2D eigenvalue weighted by Crippen LogP contribution is 2.30. The lowest BCUT2D eigenvalue weighted by Crippen LogP contribution is -2.16. The van der Waals surface area contributed by atoms with E-state index in [1.165, 1.54) is 6.07 Å². The summed E-state index contributed by atoms with van der Waals surface area (Å²) >= 11 is 0. The first kappa shape index (κ1) is 17.8. The Kier molecular flexibility index (Phi) is 5.84. The van der Waals surface area contributed by atoms with E-state index in [1.807, 2.05) is 12.1 Å². The third-order valence-electron chi connectivity index (χ3n) is 3.51. The lowest BCUT2D eigenvalue weighted by atomic mass is 10.1. The molecule has 2 aromatic rings. The smallest absolute Gasteiger partial charge is 0.383 e. The van der Waals surface area contributed by atoms with Crippen LogP contribution in [-0.2, 0) is 6.18 Å². The first-order chi connectivity index (χ1) is 11.4. The van der Waals surface area contributed by atoms with Crippen LogP contribution in [0.1, 0.15) is 29.3 Å². The molecule has 2 aromatic carbocycles. The molecule has 0 amide bonds. The Labute approximate surface area is 138 Å². The van der Waals surface area contributed by atoms with Crippen LogP contribution < -0.4 is 10.6 Å². The molecule has 128 valence electrons. The Morgan fingerprint density at radius 3 is 2.42 bits per heavy atom. The topological polar surface area (TPSA) is 41.1 Å². The number of para-hydroxylation sites is 1. The molecule has 0 spiro atoms. The van der Waals surface area contributed by atoms with Crippen molar-refractivity contribution in [1.29, 1.82) is 0 Å². The Morgan fingerprint density at radius 2 is 1.71 bits per heavy atom. The molecule has 2 rings (SSSR count). The van der Waals surface area contributed by atoms with Gasteiger partial charge in [-0.15, -0.1) is 0 Å². The summed E-state index contributed by atoms with van der Waals surface area (Å²) in [6, 6.07) is 12.3. The highest BCUT2D eigenvalue weighted by atomic mass is 19.4. The molecule has 0 aliphatic rings. The number of nitrogens with one attached hydrogen (secondary N) is 2. The van der Waals surface area contributed by atoms with Gasteiger partial charge >= 0.3 is 6.18 Å². The Balaban J connectivity index is 1.91. The monoisotopic (exact) mass is 336 g/mol. The van der Waals surface area contributed by atoms with Gasteiger partial charge in [0.1, 0.15) is 0 Å². The molecule has 0 atom stereocenters. The largest absolute Gasteiger partial charge is 0.416 e. The number of alkyl halides is 3. The third kappa shape index (κ3) is 4.75. The molecule has 0 radical (unpaired) electrons. The summed E-state index contributed by atoms with van der Waals surface area (Å²) in [5.41, 5.74) is 1.08. The van der Waals surface area contributed by atoms with Crippen molar-refractivity contribution in [2.24, 2.45) is 0 Å². The van der Waals surface area contributed by atoms with Crippen LogP contribution >= 0.6 is 0 Å². The molecule has 0 aromatic heterocycles. The van der Waals surface area contributed by atoms with Crippen LogP contribution in [0.4, 0.5) is 24.5 Å². The van der Waals surface area contributed by atoms with Gasteiger partial charge in [-0.1, -0.05) is 25.1 Å². The lowest BCUT2D eigenvalue weighted by Gasteiger charge is -2.13. The fourth-order valence-corrected chi connectivity index (χ4v) is 2.28. The molecule has 6 heteroatoms. The maximum atomic E-state index is 12.7. The fraction of sp³-hybridized carbons (Fsp3) is 0.278. The summed E-state index contributed by atoms with van der Waals surface area (Å²) in [7, 11) is 0. The molecule has 2 N–H and O–H groups in total. The molecule has 0 unspecified atom stereocenters. The molecule has 0 bridgehead atoms. The number of carbonyl (C=O) groups is 1. The Bertz CT molecular complexity index is 699. The second kappa shape index (κ2) is 7.86. The highest BCUT2D eigenvalue weighted by Gasteiger charge is 2.30. The van der Waals surface area contributed by atoms with Crippen molar-refractivity contribution >= 4 is 17.2 Å². The van der Waals surface area contributed by atoms with Gasteiger partial charge in [-0.2, -0.15) is 13.2 Å². The van der Waals surface area contributed by atoms with Crippen molar-refractivity contribution in [1.82, 2.24) is 0 Å². The molecule has 24 heavy (non-hydrogen) atoms. The molecule has 0 fully saturated rings. The number of hydrogen-bond acceptors (Lipinski definition) is 3. The van der Waals surface area contributed by atoms with Crippen molar-refractivity contribution in [2.45, 2.75) is 19.5 Å². The third-order valence-corrected chi connectivity index (χ3v) is 3.51. The number of Topliss-reactive ketones (excluding diaryl/α,β-unsaturated/α-hetero) is 1. The standard InChI is InChI=1S/C18H19F3N2O/c1-2-17(24)15-8-3-4-9-16(15)23-11-10-22-14-7-5-6-13(12-14)18(19,20)21/h3-9,12,22-23H,2,10-11H2,1H3. The summed E-state index contributed by atoms with van der Waals surface area (Å²) in [5.74, 6) is 0.0453. The quantitative estimate of drug-likeness (QED) is 0.562. The van der Waals surface area contributed by atoms with Crippen molar-refractivity contribution in [3.63, 3.8) is 0 Å². The van der Waals surface area contributed by atoms with E-state index in [2.05, 4.69) is 10.6 Å². The van der Waals surface area contributed by atoms with Crippen molar-refractivity contribution in [3.05, 3.63) is 59.7 Å². The van der Waals surface area contributed by atoms with E-state index in [1.54, 1.807) is 25.1 Å². The number of ketones is 1. The SMILES string of the molecule is CCC(=O)c1ccccc1NCCNc1cccc(C(F)(F)F)c1. The maximum absolute atomic E-state index is 12.7. The molecule has 0 heterocycles. The minimum Gasteiger partial charge on any atom is -0.383 e. The minimum atomic E-state index is -4.35. The van der Waals surface area contributed by atoms with Gasteiger partial charge in [0.2, 0.25) is 0 Å². The Morgan fingerprint density at radius 1 is 1.00 bits per heavy atom. The Hall–Kier alpha value is -2.50. The van der Waals surface area contributed by atoms with Gasteiger partial charge in [0.05, 0.1) is 5.56 Å². The van der Waals surface area contributed by atoms with E-state index in [4.69, 9.17) is 0 Å². The van der Waals surface area contributed by atoms with Crippen molar-refractivity contribution in [2.75, 3.05) is 23.7 Å². The number of carbonyl (C=O) groups excluding carboxylic acids is 1. The summed E-state index contributed by atoms with van der Waals surface area (Å²) in [6.07, 6.45) is -3.93. The van der Waals surface area contributed by atoms with Gasteiger partial charge < -0.3 is 10.6 Å². The van der Waals surface area contributed by atoms with Gasteiger partial charge in [-0.05, 0) is 30.3 Å². The number of hydrogen-bond donors (Lipinski definition) is 2. The summed E-state index contributed by atoms with van der Waals surface area (Å²) < 4.78 is 38.0. The first-order valence-corrected chi connectivity index (χ1v) is 7.69. The number of benzene rings is 2. The molecule has 0 aliphatic carbocycles. The molecule has 3 nitrogen and oxygen atoms in total. The molecule has 0 saturated heterocycles. The highest BCUT2D eigenvalue weighted by molar-refractivity contribution is 6.00. The van der Waals surface area contributed by atoms with Crippen LogP contribution in [0.3, 0.4) is 0 Å². The van der Waals surface area contributed by atoms with Crippen LogP contribution in [0.2, 0.25) is 0 Å². The minimum absolute atomic E-state index is 0.0453. The van der Waals surface area contributed by atoms with Crippen molar-refractivity contribution < 1.29 is 18.0 Å². The van der Waals surface area contributed by atoms with Gasteiger partial charge in [0.15, 0.2) is 5.78 Å². The average Bonchev–Trinajstić information content (AvgIpc) is 2.58. The van der Waals surface area contributed by atoms with Crippen LogP contribution in [0.15, 0.2) is 48.5 Å². The van der Waals surface area contributed by atoms with Gasteiger partial charge in [-0.25, -0.2) is 0 Å². The van der Waals surface area contributed by atoms with Crippen molar-refractivity contribution in [3.8, 4) is 0 Å². The van der Waals surface area contributed by atoms with E-state index in [0.717, 1.165) is 17.8 Å². The van der Waals surface area contributed by atoms with E-state index in [0.29, 0.717) is 30.8 Å². The predicted octanol–water partition coefficient (Wildman–Crippen LogP) is 4.82.